The zero-order valence-electron chi connectivity index (χ0n) is 12.0. The van der Waals surface area contributed by atoms with Gasteiger partial charge in [0.1, 0.15) is 0 Å². The molecule has 118 valence electrons. The Morgan fingerprint density at radius 1 is 1.24 bits per heavy atom. The van der Waals surface area contributed by atoms with E-state index in [4.69, 9.17) is 16.3 Å². The summed E-state index contributed by atoms with van der Waals surface area (Å²) in [6, 6.07) is 2.90. The monoisotopic (exact) mass is 321 g/mol. The molecule has 0 aliphatic carbocycles. The van der Waals surface area contributed by atoms with Crippen molar-refractivity contribution in [1.82, 2.24) is 4.90 Å². The zero-order valence-corrected chi connectivity index (χ0v) is 12.7. The number of ether oxygens (including phenoxy) is 1. The second-order valence-corrected chi connectivity index (χ2v) is 5.57. The summed E-state index contributed by atoms with van der Waals surface area (Å²) in [6.07, 6.45) is -3.52. The van der Waals surface area contributed by atoms with Gasteiger partial charge in [-0.1, -0.05) is 18.5 Å². The normalized spacial score (nSPS) is 17.2. The molecule has 1 aromatic carbocycles. The third-order valence-corrected chi connectivity index (χ3v) is 4.07. The highest BCUT2D eigenvalue weighted by Gasteiger charge is 2.34. The summed E-state index contributed by atoms with van der Waals surface area (Å²) in [5.41, 5.74) is 0.213. The molecule has 0 amide bonds. The summed E-state index contributed by atoms with van der Waals surface area (Å²) in [4.78, 5) is 2.19. The van der Waals surface area contributed by atoms with Gasteiger partial charge >= 0.3 is 6.18 Å². The van der Waals surface area contributed by atoms with Crippen LogP contribution in [0.3, 0.4) is 0 Å². The van der Waals surface area contributed by atoms with Crippen LogP contribution < -0.4 is 0 Å². The van der Waals surface area contributed by atoms with Crippen LogP contribution in [0.25, 0.3) is 0 Å². The van der Waals surface area contributed by atoms with Crippen molar-refractivity contribution in [3.05, 3.63) is 33.8 Å². The van der Waals surface area contributed by atoms with Crippen LogP contribution >= 0.6 is 11.6 Å². The lowest BCUT2D eigenvalue weighted by Crippen LogP contribution is -2.37. The summed E-state index contributed by atoms with van der Waals surface area (Å²) in [7, 11) is 0. The van der Waals surface area contributed by atoms with Crippen LogP contribution in [0.1, 0.15) is 23.6 Å². The average molecular weight is 322 g/mol. The SMILES string of the molecule is CCc1c(Cl)cc(CCN2CCOCC2)cc1C(F)(F)F. The summed E-state index contributed by atoms with van der Waals surface area (Å²) in [6.45, 7) is 5.43. The van der Waals surface area contributed by atoms with Gasteiger partial charge in [0.25, 0.3) is 0 Å². The average Bonchev–Trinajstić information content (AvgIpc) is 2.44. The molecule has 1 aromatic rings. The first-order chi connectivity index (χ1) is 9.91. The molecule has 1 fully saturated rings. The number of benzene rings is 1. The van der Waals surface area contributed by atoms with Crippen molar-refractivity contribution >= 4 is 11.6 Å². The van der Waals surface area contributed by atoms with Gasteiger partial charge in [0.2, 0.25) is 0 Å². The van der Waals surface area contributed by atoms with Crippen LogP contribution in [-0.4, -0.2) is 37.7 Å². The van der Waals surface area contributed by atoms with Gasteiger partial charge in [-0.2, -0.15) is 13.2 Å². The van der Waals surface area contributed by atoms with Crippen molar-refractivity contribution in [2.24, 2.45) is 0 Å². The third kappa shape index (κ3) is 4.34. The maximum atomic E-state index is 13.1. The predicted octanol–water partition coefficient (Wildman–Crippen LogP) is 3.80. The molecule has 0 radical (unpaired) electrons. The minimum Gasteiger partial charge on any atom is -0.379 e. The maximum Gasteiger partial charge on any atom is 0.416 e. The molecule has 0 atom stereocenters. The van der Waals surface area contributed by atoms with E-state index in [0.29, 0.717) is 25.2 Å². The highest BCUT2D eigenvalue weighted by Crippen LogP contribution is 2.36. The predicted molar refractivity (Wildman–Crippen MR) is 76.8 cm³/mol. The number of hydrogen-bond acceptors (Lipinski definition) is 2. The summed E-state index contributed by atoms with van der Waals surface area (Å²) in [5, 5.41) is 0.212. The van der Waals surface area contributed by atoms with E-state index in [1.165, 1.54) is 6.07 Å². The van der Waals surface area contributed by atoms with E-state index >= 15 is 0 Å². The Morgan fingerprint density at radius 2 is 1.90 bits per heavy atom. The molecule has 0 spiro atoms. The van der Waals surface area contributed by atoms with E-state index in [0.717, 1.165) is 19.6 Å². The Labute approximate surface area is 127 Å². The Bertz CT molecular complexity index is 485. The molecule has 0 saturated carbocycles. The summed E-state index contributed by atoms with van der Waals surface area (Å²) < 4.78 is 44.6. The molecule has 1 aliphatic heterocycles. The number of hydrogen-bond donors (Lipinski definition) is 0. The molecule has 6 heteroatoms. The van der Waals surface area contributed by atoms with Gasteiger partial charge in [-0.3, -0.25) is 4.90 Å². The van der Waals surface area contributed by atoms with Gasteiger partial charge in [-0.25, -0.2) is 0 Å². The van der Waals surface area contributed by atoms with Crippen LogP contribution in [0.5, 0.6) is 0 Å². The van der Waals surface area contributed by atoms with E-state index in [1.54, 1.807) is 13.0 Å². The van der Waals surface area contributed by atoms with Crippen LogP contribution in [-0.2, 0) is 23.8 Å². The lowest BCUT2D eigenvalue weighted by Gasteiger charge is -2.26. The fourth-order valence-corrected chi connectivity index (χ4v) is 2.94. The van der Waals surface area contributed by atoms with Gasteiger partial charge in [0.15, 0.2) is 0 Å². The van der Waals surface area contributed by atoms with E-state index in [-0.39, 0.29) is 17.0 Å². The first-order valence-electron chi connectivity index (χ1n) is 7.10. The van der Waals surface area contributed by atoms with E-state index < -0.39 is 11.7 Å². The van der Waals surface area contributed by atoms with Gasteiger partial charge in [0, 0.05) is 24.7 Å². The number of rotatable bonds is 4. The molecule has 1 saturated heterocycles. The molecule has 0 unspecified atom stereocenters. The topological polar surface area (TPSA) is 12.5 Å². The number of halogens is 4. The fourth-order valence-electron chi connectivity index (χ4n) is 2.56. The largest absolute Gasteiger partial charge is 0.416 e. The minimum atomic E-state index is -4.36. The lowest BCUT2D eigenvalue weighted by atomic mass is 9.99. The summed E-state index contributed by atoms with van der Waals surface area (Å²) in [5.74, 6) is 0. The van der Waals surface area contributed by atoms with Crippen molar-refractivity contribution < 1.29 is 17.9 Å². The van der Waals surface area contributed by atoms with Crippen LogP contribution in [0, 0.1) is 0 Å². The van der Waals surface area contributed by atoms with E-state index in [1.807, 2.05) is 0 Å². The molecule has 2 nitrogen and oxygen atoms in total. The fraction of sp³-hybridized carbons (Fsp3) is 0.600. The van der Waals surface area contributed by atoms with Crippen molar-refractivity contribution in [3.63, 3.8) is 0 Å². The second-order valence-electron chi connectivity index (χ2n) is 5.16. The molecular formula is C15H19ClF3NO. The smallest absolute Gasteiger partial charge is 0.379 e. The van der Waals surface area contributed by atoms with Crippen molar-refractivity contribution in [1.29, 1.82) is 0 Å². The van der Waals surface area contributed by atoms with Crippen LogP contribution in [0.15, 0.2) is 12.1 Å². The molecule has 1 heterocycles. The Kier molecular flexibility index (Phi) is 5.52. The first-order valence-corrected chi connectivity index (χ1v) is 7.48. The molecule has 2 rings (SSSR count). The van der Waals surface area contributed by atoms with Gasteiger partial charge in [-0.15, -0.1) is 0 Å². The maximum absolute atomic E-state index is 13.1. The minimum absolute atomic E-state index is 0.180. The van der Waals surface area contributed by atoms with Crippen molar-refractivity contribution in [2.45, 2.75) is 25.9 Å². The number of alkyl halides is 3. The first kappa shape index (κ1) is 16.6. The van der Waals surface area contributed by atoms with E-state index in [9.17, 15) is 13.2 Å². The van der Waals surface area contributed by atoms with Crippen LogP contribution in [0.4, 0.5) is 13.2 Å². The molecule has 0 bridgehead atoms. The zero-order chi connectivity index (χ0) is 15.5. The highest BCUT2D eigenvalue weighted by molar-refractivity contribution is 6.31. The van der Waals surface area contributed by atoms with Gasteiger partial charge in [0.05, 0.1) is 18.8 Å². The van der Waals surface area contributed by atoms with E-state index in [2.05, 4.69) is 4.90 Å². The molecule has 0 aromatic heterocycles. The molecule has 0 N–H and O–H groups in total. The molecular weight excluding hydrogens is 303 g/mol. The second kappa shape index (κ2) is 6.99. The molecule has 21 heavy (non-hydrogen) atoms. The number of morpholine rings is 1. The Hall–Kier alpha value is -0.780. The molecule has 1 aliphatic rings. The van der Waals surface area contributed by atoms with Crippen molar-refractivity contribution in [2.75, 3.05) is 32.8 Å². The quantitative estimate of drug-likeness (QED) is 0.836. The van der Waals surface area contributed by atoms with Gasteiger partial charge < -0.3 is 4.74 Å². The highest BCUT2D eigenvalue weighted by atomic mass is 35.5. The lowest BCUT2D eigenvalue weighted by molar-refractivity contribution is -0.138. The number of nitrogens with zero attached hydrogens (tertiary/aromatic N) is 1. The van der Waals surface area contributed by atoms with Crippen molar-refractivity contribution in [3.8, 4) is 0 Å². The van der Waals surface area contributed by atoms with Crippen LogP contribution in [0.2, 0.25) is 5.02 Å². The third-order valence-electron chi connectivity index (χ3n) is 3.73. The Balaban J connectivity index is 2.14. The van der Waals surface area contributed by atoms with Gasteiger partial charge in [-0.05, 0) is 36.1 Å². The Morgan fingerprint density at radius 3 is 2.48 bits per heavy atom. The summed E-state index contributed by atoms with van der Waals surface area (Å²) >= 11 is 6.03. The standard InChI is InChI=1S/C15H19ClF3NO/c1-2-12-13(15(17,18)19)9-11(10-14(12)16)3-4-20-5-7-21-8-6-20/h9-10H,2-8H2,1H3.